The quantitative estimate of drug-likeness (QED) is 0.331. The van der Waals surface area contributed by atoms with Gasteiger partial charge in [0, 0.05) is 17.9 Å². The van der Waals surface area contributed by atoms with E-state index in [-0.39, 0.29) is 13.0 Å². The first-order valence-electron chi connectivity index (χ1n) is 5.67. The molecule has 104 valence electrons. The Bertz CT molecular complexity index is 437. The summed E-state index contributed by atoms with van der Waals surface area (Å²) in [4.78, 5) is 26.5. The summed E-state index contributed by atoms with van der Waals surface area (Å²) in [6.07, 6.45) is -3.06. The summed E-state index contributed by atoms with van der Waals surface area (Å²) in [5.41, 5.74) is 8.48. The molecular weight excluding hydrogens is 258 g/mol. The Morgan fingerprint density at radius 2 is 2.32 bits per heavy atom. The van der Waals surface area contributed by atoms with Crippen LogP contribution >= 0.6 is 0 Å². The molecule has 2 fully saturated rings. The Morgan fingerprint density at radius 3 is 2.89 bits per heavy atom. The van der Waals surface area contributed by atoms with Crippen LogP contribution < -0.4 is 5.32 Å². The zero-order valence-electron chi connectivity index (χ0n) is 9.84. The van der Waals surface area contributed by atoms with Crippen molar-refractivity contribution in [1.29, 1.82) is 0 Å². The molecule has 0 radical (unpaired) electrons. The van der Waals surface area contributed by atoms with Crippen LogP contribution in [-0.2, 0) is 9.53 Å². The molecule has 2 saturated heterocycles. The lowest BCUT2D eigenvalue weighted by Crippen LogP contribution is -2.56. The summed E-state index contributed by atoms with van der Waals surface area (Å²) in [5.74, 6) is -0.404. The van der Waals surface area contributed by atoms with Gasteiger partial charge in [-0.15, -0.1) is 0 Å². The average molecular weight is 271 g/mol. The maximum atomic E-state index is 11.7. The lowest BCUT2D eigenvalue weighted by molar-refractivity contribution is -0.124. The SMILES string of the molecule is [N-]=[N+]=NC1C(O)C(CO)OC1N1CCC(=O)NC1=O. The molecule has 4 unspecified atom stereocenters. The Hall–Kier alpha value is -1.87. The third-order valence-corrected chi connectivity index (χ3v) is 3.10. The summed E-state index contributed by atoms with van der Waals surface area (Å²) in [5, 5.41) is 24.4. The highest BCUT2D eigenvalue weighted by molar-refractivity contribution is 5.96. The fourth-order valence-corrected chi connectivity index (χ4v) is 2.14. The Labute approximate surface area is 107 Å². The molecule has 10 nitrogen and oxygen atoms in total. The number of carbonyl (C=O) groups excluding carboxylic acids is 2. The van der Waals surface area contributed by atoms with Gasteiger partial charge >= 0.3 is 6.03 Å². The monoisotopic (exact) mass is 271 g/mol. The van der Waals surface area contributed by atoms with E-state index in [2.05, 4.69) is 15.3 Å². The van der Waals surface area contributed by atoms with E-state index in [0.29, 0.717) is 0 Å². The van der Waals surface area contributed by atoms with Crippen molar-refractivity contribution in [2.24, 2.45) is 5.11 Å². The van der Waals surface area contributed by atoms with Gasteiger partial charge < -0.3 is 14.9 Å². The number of imide groups is 1. The zero-order chi connectivity index (χ0) is 14.0. The third-order valence-electron chi connectivity index (χ3n) is 3.10. The number of nitrogens with zero attached hydrogens (tertiary/aromatic N) is 4. The van der Waals surface area contributed by atoms with Gasteiger partial charge in [0.2, 0.25) is 5.91 Å². The number of ether oxygens (including phenoxy) is 1. The van der Waals surface area contributed by atoms with E-state index in [9.17, 15) is 14.7 Å². The molecular formula is C9H13N5O5. The molecule has 4 atom stereocenters. The van der Waals surface area contributed by atoms with Crippen molar-refractivity contribution >= 4 is 11.9 Å². The second-order valence-electron chi connectivity index (χ2n) is 4.23. The average Bonchev–Trinajstić information content (AvgIpc) is 2.68. The van der Waals surface area contributed by atoms with Crippen LogP contribution in [0.5, 0.6) is 0 Å². The first-order chi connectivity index (χ1) is 9.08. The summed E-state index contributed by atoms with van der Waals surface area (Å²) < 4.78 is 5.32. The minimum atomic E-state index is -1.21. The van der Waals surface area contributed by atoms with Crippen LogP contribution in [-0.4, -0.2) is 64.7 Å². The molecule has 10 heteroatoms. The van der Waals surface area contributed by atoms with Crippen molar-refractivity contribution in [2.75, 3.05) is 13.2 Å². The number of aliphatic hydroxyl groups is 2. The summed E-state index contributed by atoms with van der Waals surface area (Å²) in [6.45, 7) is -0.374. The van der Waals surface area contributed by atoms with Crippen LogP contribution in [0, 0.1) is 0 Å². The fraction of sp³-hybridized carbons (Fsp3) is 0.778. The number of nitrogens with one attached hydrogen (secondary N) is 1. The molecule has 2 aliphatic heterocycles. The molecule has 2 heterocycles. The molecule has 3 N–H and O–H groups in total. The van der Waals surface area contributed by atoms with E-state index in [1.807, 2.05) is 0 Å². The zero-order valence-corrected chi connectivity index (χ0v) is 9.84. The van der Waals surface area contributed by atoms with Gasteiger partial charge in [-0.1, -0.05) is 5.11 Å². The van der Waals surface area contributed by atoms with Gasteiger partial charge in [-0.25, -0.2) is 4.79 Å². The minimum Gasteiger partial charge on any atom is -0.394 e. The van der Waals surface area contributed by atoms with Gasteiger partial charge in [-0.2, -0.15) is 0 Å². The summed E-state index contributed by atoms with van der Waals surface area (Å²) in [7, 11) is 0. The highest BCUT2D eigenvalue weighted by Gasteiger charge is 2.47. The lowest BCUT2D eigenvalue weighted by Gasteiger charge is -2.33. The molecule has 0 aliphatic carbocycles. The molecule has 3 amide bonds. The number of hydrogen-bond acceptors (Lipinski definition) is 6. The molecule has 0 spiro atoms. The molecule has 0 aromatic heterocycles. The maximum Gasteiger partial charge on any atom is 0.326 e. The smallest absolute Gasteiger partial charge is 0.326 e. The van der Waals surface area contributed by atoms with E-state index in [0.717, 1.165) is 0 Å². The predicted molar refractivity (Wildman–Crippen MR) is 59.5 cm³/mol. The van der Waals surface area contributed by atoms with Crippen LogP contribution in [0.15, 0.2) is 5.11 Å². The molecule has 0 aromatic carbocycles. The number of hydrogen-bond donors (Lipinski definition) is 3. The first kappa shape index (κ1) is 13.6. The summed E-state index contributed by atoms with van der Waals surface area (Å²) in [6, 6.07) is -1.70. The predicted octanol–water partition coefficient (Wildman–Crippen LogP) is -1.31. The molecule has 0 bridgehead atoms. The van der Waals surface area contributed by atoms with Gasteiger partial charge in [0.25, 0.3) is 0 Å². The Morgan fingerprint density at radius 1 is 1.58 bits per heavy atom. The lowest BCUT2D eigenvalue weighted by atomic mass is 10.1. The van der Waals surface area contributed by atoms with Crippen molar-refractivity contribution < 1.29 is 24.5 Å². The van der Waals surface area contributed by atoms with Crippen molar-refractivity contribution in [2.45, 2.75) is 30.9 Å². The van der Waals surface area contributed by atoms with E-state index >= 15 is 0 Å². The summed E-state index contributed by atoms with van der Waals surface area (Å²) >= 11 is 0. The maximum absolute atomic E-state index is 11.7. The van der Waals surface area contributed by atoms with Crippen LogP contribution in [0.1, 0.15) is 6.42 Å². The largest absolute Gasteiger partial charge is 0.394 e. The fourth-order valence-electron chi connectivity index (χ4n) is 2.14. The number of rotatable bonds is 3. The topological polar surface area (TPSA) is 148 Å². The molecule has 2 aliphatic rings. The van der Waals surface area contributed by atoms with E-state index in [1.54, 1.807) is 0 Å². The number of azide groups is 1. The normalized spacial score (nSPS) is 34.9. The van der Waals surface area contributed by atoms with Gasteiger partial charge in [-0.05, 0) is 5.53 Å². The van der Waals surface area contributed by atoms with Gasteiger partial charge in [0.05, 0.1) is 12.7 Å². The van der Waals surface area contributed by atoms with Gasteiger partial charge in [0.1, 0.15) is 18.4 Å². The number of aliphatic hydroxyl groups excluding tert-OH is 2. The van der Waals surface area contributed by atoms with E-state index in [4.69, 9.17) is 15.4 Å². The molecule has 19 heavy (non-hydrogen) atoms. The van der Waals surface area contributed by atoms with Crippen molar-refractivity contribution in [3.8, 4) is 0 Å². The van der Waals surface area contributed by atoms with Crippen LogP contribution in [0.25, 0.3) is 10.4 Å². The standard InChI is InChI=1S/C9H13N5O5/c10-13-12-6-7(17)4(3-15)19-8(6)14-2-1-5(16)11-9(14)18/h4,6-8,15,17H,1-3H2,(H,11,16,18). The number of urea groups is 1. The van der Waals surface area contributed by atoms with Crippen LogP contribution in [0.3, 0.4) is 0 Å². The van der Waals surface area contributed by atoms with Crippen LogP contribution in [0.4, 0.5) is 4.79 Å². The minimum absolute atomic E-state index is 0.0917. The van der Waals surface area contributed by atoms with Crippen molar-refractivity contribution in [1.82, 2.24) is 10.2 Å². The first-order valence-corrected chi connectivity index (χ1v) is 5.67. The Kier molecular flexibility index (Phi) is 3.86. The molecule has 0 aromatic rings. The third kappa shape index (κ3) is 2.47. The van der Waals surface area contributed by atoms with Crippen molar-refractivity contribution in [3.05, 3.63) is 10.4 Å². The van der Waals surface area contributed by atoms with Crippen LogP contribution in [0.2, 0.25) is 0 Å². The molecule has 0 saturated carbocycles. The Balaban J connectivity index is 2.19. The van der Waals surface area contributed by atoms with E-state index < -0.39 is 43.0 Å². The number of carbonyl (C=O) groups is 2. The van der Waals surface area contributed by atoms with E-state index in [1.165, 1.54) is 4.90 Å². The highest BCUT2D eigenvalue weighted by Crippen LogP contribution is 2.27. The van der Waals surface area contributed by atoms with Gasteiger partial charge in [-0.3, -0.25) is 15.0 Å². The second-order valence-corrected chi connectivity index (χ2v) is 4.23. The second kappa shape index (κ2) is 5.41. The molecule has 2 rings (SSSR count). The van der Waals surface area contributed by atoms with Gasteiger partial charge in [0.15, 0.2) is 0 Å². The number of amides is 3. The van der Waals surface area contributed by atoms with Crippen molar-refractivity contribution in [3.63, 3.8) is 0 Å². The highest BCUT2D eigenvalue weighted by atomic mass is 16.5.